The second-order valence-corrected chi connectivity index (χ2v) is 4.90. The lowest BCUT2D eigenvalue weighted by Crippen LogP contribution is -2.37. The summed E-state index contributed by atoms with van der Waals surface area (Å²) in [6, 6.07) is 7.72. The number of nitrogens with zero attached hydrogens (tertiary/aromatic N) is 1. The first-order valence-corrected chi connectivity index (χ1v) is 6.29. The van der Waals surface area contributed by atoms with E-state index in [1.54, 1.807) is 0 Å². The van der Waals surface area contributed by atoms with Crippen molar-refractivity contribution in [3.05, 3.63) is 35.4 Å². The van der Waals surface area contributed by atoms with Gasteiger partial charge in [-0.25, -0.2) is 4.79 Å². The van der Waals surface area contributed by atoms with Crippen molar-refractivity contribution in [3.8, 4) is 0 Å². The van der Waals surface area contributed by atoms with Gasteiger partial charge in [0.05, 0.1) is 19.3 Å². The molecule has 0 saturated carbocycles. The van der Waals surface area contributed by atoms with Crippen LogP contribution >= 0.6 is 0 Å². The van der Waals surface area contributed by atoms with Gasteiger partial charge in [-0.2, -0.15) is 0 Å². The summed E-state index contributed by atoms with van der Waals surface area (Å²) in [5.74, 6) is 0.376. The van der Waals surface area contributed by atoms with Crippen LogP contribution in [0.5, 0.6) is 0 Å². The molecule has 0 saturated heterocycles. The predicted molar refractivity (Wildman–Crippen MR) is 72.1 cm³/mol. The van der Waals surface area contributed by atoms with Crippen molar-refractivity contribution in [1.82, 2.24) is 4.90 Å². The molecule has 19 heavy (non-hydrogen) atoms. The zero-order valence-electron chi connectivity index (χ0n) is 11.3. The van der Waals surface area contributed by atoms with Crippen molar-refractivity contribution in [3.63, 3.8) is 0 Å². The number of aliphatic hydroxyl groups is 2. The monoisotopic (exact) mass is 267 g/mol. The van der Waals surface area contributed by atoms with Gasteiger partial charge in [0.1, 0.15) is 0 Å². The summed E-state index contributed by atoms with van der Waals surface area (Å²) in [6.45, 7) is 3.80. The Morgan fingerprint density at radius 3 is 2.58 bits per heavy atom. The van der Waals surface area contributed by atoms with E-state index in [2.05, 4.69) is 13.8 Å². The van der Waals surface area contributed by atoms with Crippen LogP contribution in [0.25, 0.3) is 0 Å². The van der Waals surface area contributed by atoms with Crippen LogP contribution < -0.4 is 0 Å². The standard InChI is InChI=1S/C14H21NO4/c1-10(2)12-5-3-4-11(6-12)7-15(14(18)19)8-13(17)9-16/h3-6,10,13,16-17H,7-9H2,1-2H3,(H,18,19)/t13-/m1/s1. The van der Waals surface area contributed by atoms with Crippen LogP contribution in [-0.4, -0.2) is 45.6 Å². The lowest BCUT2D eigenvalue weighted by atomic mass is 10.0. The smallest absolute Gasteiger partial charge is 0.407 e. The average molecular weight is 267 g/mol. The Balaban J connectivity index is 2.79. The van der Waals surface area contributed by atoms with E-state index in [1.165, 1.54) is 0 Å². The van der Waals surface area contributed by atoms with E-state index in [4.69, 9.17) is 10.2 Å². The number of hydrogen-bond acceptors (Lipinski definition) is 3. The number of aliphatic hydroxyl groups excluding tert-OH is 2. The average Bonchev–Trinajstić information content (AvgIpc) is 2.37. The number of benzene rings is 1. The highest BCUT2D eigenvalue weighted by Crippen LogP contribution is 2.16. The molecule has 1 aromatic rings. The molecule has 0 bridgehead atoms. The van der Waals surface area contributed by atoms with Gasteiger partial charge in [-0.15, -0.1) is 0 Å². The largest absolute Gasteiger partial charge is 0.465 e. The molecule has 0 aromatic heterocycles. The Morgan fingerprint density at radius 2 is 2.05 bits per heavy atom. The Labute approximate surface area is 113 Å². The lowest BCUT2D eigenvalue weighted by molar-refractivity contribution is 0.0554. The highest BCUT2D eigenvalue weighted by molar-refractivity contribution is 5.65. The first-order chi connectivity index (χ1) is 8.93. The number of carboxylic acid groups (broad SMARTS) is 1. The summed E-state index contributed by atoms with van der Waals surface area (Å²) in [4.78, 5) is 12.2. The van der Waals surface area contributed by atoms with Crippen molar-refractivity contribution >= 4 is 6.09 Å². The summed E-state index contributed by atoms with van der Waals surface area (Å²) < 4.78 is 0. The molecule has 106 valence electrons. The Kier molecular flexibility index (Phi) is 5.79. The first kappa shape index (κ1) is 15.5. The molecule has 1 atom stereocenters. The van der Waals surface area contributed by atoms with Crippen LogP contribution in [-0.2, 0) is 6.54 Å². The van der Waals surface area contributed by atoms with E-state index in [0.717, 1.165) is 16.0 Å². The van der Waals surface area contributed by atoms with Crippen LogP contribution in [0.3, 0.4) is 0 Å². The van der Waals surface area contributed by atoms with Gasteiger partial charge in [0.2, 0.25) is 0 Å². The zero-order chi connectivity index (χ0) is 14.4. The first-order valence-electron chi connectivity index (χ1n) is 6.29. The van der Waals surface area contributed by atoms with Gasteiger partial charge in [0.25, 0.3) is 0 Å². The van der Waals surface area contributed by atoms with Gasteiger partial charge in [-0.3, -0.25) is 0 Å². The van der Waals surface area contributed by atoms with Crippen molar-refractivity contribution in [2.24, 2.45) is 0 Å². The van der Waals surface area contributed by atoms with Crippen molar-refractivity contribution < 1.29 is 20.1 Å². The normalized spacial score (nSPS) is 12.5. The third-order valence-corrected chi connectivity index (χ3v) is 2.90. The van der Waals surface area contributed by atoms with Crippen LogP contribution in [0.2, 0.25) is 0 Å². The van der Waals surface area contributed by atoms with Crippen LogP contribution in [0.15, 0.2) is 24.3 Å². The Hall–Kier alpha value is -1.59. The maximum Gasteiger partial charge on any atom is 0.407 e. The molecule has 0 aliphatic carbocycles. The van der Waals surface area contributed by atoms with Gasteiger partial charge in [0, 0.05) is 6.54 Å². The topological polar surface area (TPSA) is 81.0 Å². The Morgan fingerprint density at radius 1 is 1.37 bits per heavy atom. The SMILES string of the molecule is CC(C)c1cccc(CN(C[C@@H](O)CO)C(=O)O)c1. The van der Waals surface area contributed by atoms with Crippen molar-refractivity contribution in [2.45, 2.75) is 32.4 Å². The molecule has 5 heteroatoms. The van der Waals surface area contributed by atoms with Crippen LogP contribution in [0.1, 0.15) is 30.9 Å². The van der Waals surface area contributed by atoms with Crippen molar-refractivity contribution in [2.75, 3.05) is 13.2 Å². The van der Waals surface area contributed by atoms with Gasteiger partial charge >= 0.3 is 6.09 Å². The molecule has 1 aromatic carbocycles. The molecule has 0 aliphatic heterocycles. The van der Waals surface area contributed by atoms with Crippen LogP contribution in [0.4, 0.5) is 4.79 Å². The molecule has 3 N–H and O–H groups in total. The molecule has 5 nitrogen and oxygen atoms in total. The fourth-order valence-electron chi connectivity index (χ4n) is 1.79. The molecular weight excluding hydrogens is 246 g/mol. The van der Waals surface area contributed by atoms with Crippen molar-refractivity contribution in [1.29, 1.82) is 0 Å². The molecule has 1 amide bonds. The van der Waals surface area contributed by atoms with Gasteiger partial charge in [0.15, 0.2) is 0 Å². The second-order valence-electron chi connectivity index (χ2n) is 4.90. The predicted octanol–water partition coefficient (Wildman–Crippen LogP) is 1.64. The molecule has 0 heterocycles. The summed E-state index contributed by atoms with van der Waals surface area (Å²) >= 11 is 0. The summed E-state index contributed by atoms with van der Waals surface area (Å²) in [5.41, 5.74) is 2.02. The van der Waals surface area contributed by atoms with E-state index < -0.39 is 18.8 Å². The maximum atomic E-state index is 11.1. The number of hydrogen-bond donors (Lipinski definition) is 3. The van der Waals surface area contributed by atoms with E-state index in [1.807, 2.05) is 24.3 Å². The minimum Gasteiger partial charge on any atom is -0.465 e. The van der Waals surface area contributed by atoms with E-state index in [-0.39, 0.29) is 13.1 Å². The fraction of sp³-hybridized carbons (Fsp3) is 0.500. The quantitative estimate of drug-likeness (QED) is 0.732. The van der Waals surface area contributed by atoms with Gasteiger partial charge < -0.3 is 20.2 Å². The zero-order valence-corrected chi connectivity index (χ0v) is 11.3. The third kappa shape index (κ3) is 4.89. The summed E-state index contributed by atoms with van der Waals surface area (Å²) in [5, 5.41) is 27.2. The number of rotatable bonds is 6. The summed E-state index contributed by atoms with van der Waals surface area (Å²) in [7, 11) is 0. The molecular formula is C14H21NO4. The number of carbonyl (C=O) groups is 1. The number of amides is 1. The molecule has 0 fully saturated rings. The van der Waals surface area contributed by atoms with E-state index in [0.29, 0.717) is 5.92 Å². The van der Waals surface area contributed by atoms with Gasteiger partial charge in [-0.1, -0.05) is 38.1 Å². The molecule has 0 spiro atoms. The molecule has 0 aliphatic rings. The maximum absolute atomic E-state index is 11.1. The molecule has 0 radical (unpaired) electrons. The summed E-state index contributed by atoms with van der Waals surface area (Å²) in [6.07, 6.45) is -2.16. The molecule has 1 rings (SSSR count). The second kappa shape index (κ2) is 7.11. The van der Waals surface area contributed by atoms with Crippen LogP contribution in [0, 0.1) is 0 Å². The fourth-order valence-corrected chi connectivity index (χ4v) is 1.79. The van der Waals surface area contributed by atoms with Gasteiger partial charge in [-0.05, 0) is 17.0 Å². The van der Waals surface area contributed by atoms with E-state index in [9.17, 15) is 9.90 Å². The highest BCUT2D eigenvalue weighted by atomic mass is 16.4. The van der Waals surface area contributed by atoms with E-state index >= 15 is 0 Å². The lowest BCUT2D eigenvalue weighted by Gasteiger charge is -2.22. The Bertz CT molecular complexity index is 420. The third-order valence-electron chi connectivity index (χ3n) is 2.90. The minimum absolute atomic E-state index is 0.0995. The minimum atomic E-state index is -1.11. The highest BCUT2D eigenvalue weighted by Gasteiger charge is 2.16. The molecule has 0 unspecified atom stereocenters.